The highest BCUT2D eigenvalue weighted by Crippen LogP contribution is 2.35. The van der Waals surface area contributed by atoms with Crippen LogP contribution in [0.4, 0.5) is 5.00 Å². The first-order chi connectivity index (χ1) is 9.94. The van der Waals surface area contributed by atoms with Crippen molar-refractivity contribution < 1.29 is 29.4 Å². The highest BCUT2D eigenvalue weighted by atomic mass is 32.1. The molecular weight excluding hydrogens is 300 g/mol. The number of carboxylic acid groups (broad SMARTS) is 2. The smallest absolute Gasteiger partial charge is 0.323 e. The van der Waals surface area contributed by atoms with E-state index in [0.29, 0.717) is 12.6 Å². The van der Waals surface area contributed by atoms with E-state index in [1.54, 1.807) is 6.07 Å². The van der Waals surface area contributed by atoms with Crippen LogP contribution < -0.4 is 4.90 Å². The number of anilines is 1. The van der Waals surface area contributed by atoms with Gasteiger partial charge in [0.2, 0.25) is 0 Å². The molecule has 1 rings (SSSR count). The molecule has 110 valence electrons. The van der Waals surface area contributed by atoms with Gasteiger partial charge in [-0.2, -0.15) is 5.26 Å². The molecule has 0 aliphatic rings. The number of aldehydes is 2. The van der Waals surface area contributed by atoms with Gasteiger partial charge in [-0.1, -0.05) is 0 Å². The summed E-state index contributed by atoms with van der Waals surface area (Å²) in [5, 5.41) is 26.9. The van der Waals surface area contributed by atoms with Gasteiger partial charge in [-0.15, -0.1) is 11.3 Å². The van der Waals surface area contributed by atoms with Gasteiger partial charge in [0.15, 0.2) is 6.29 Å². The summed E-state index contributed by atoms with van der Waals surface area (Å²) < 4.78 is 0. The van der Waals surface area contributed by atoms with Crippen molar-refractivity contribution in [1.29, 1.82) is 5.26 Å². The molecule has 0 atom stereocenters. The topological polar surface area (TPSA) is 136 Å². The normalized spacial score (nSPS) is 9.67. The molecular formula is C12H10N2O6S. The van der Waals surface area contributed by atoms with Gasteiger partial charge >= 0.3 is 11.9 Å². The molecule has 0 saturated carbocycles. The van der Waals surface area contributed by atoms with Gasteiger partial charge in [0.05, 0.1) is 10.4 Å². The Balaban J connectivity index is 3.39. The number of thiophene rings is 1. The molecule has 1 aromatic heterocycles. The minimum Gasteiger partial charge on any atom is -0.480 e. The zero-order valence-corrected chi connectivity index (χ0v) is 11.4. The SMILES string of the molecule is N#Cc1c(N(CC(=O)O)CC(=O)O)sc(C=O)c1CC=O. The molecule has 0 aromatic carbocycles. The number of hydrogen-bond acceptors (Lipinski definition) is 7. The van der Waals surface area contributed by atoms with Crippen LogP contribution in [-0.4, -0.2) is 47.8 Å². The molecule has 2 N–H and O–H groups in total. The molecule has 0 amide bonds. The third-order valence-electron chi connectivity index (χ3n) is 2.47. The van der Waals surface area contributed by atoms with E-state index in [2.05, 4.69) is 0 Å². The fraction of sp³-hybridized carbons (Fsp3) is 0.250. The van der Waals surface area contributed by atoms with Crippen LogP contribution >= 0.6 is 11.3 Å². The number of nitrogens with zero attached hydrogens (tertiary/aromatic N) is 2. The Hall–Kier alpha value is -2.73. The molecule has 0 fully saturated rings. The molecule has 0 saturated heterocycles. The third kappa shape index (κ3) is 3.87. The molecule has 8 nitrogen and oxygen atoms in total. The number of carbonyl (C=O) groups is 4. The van der Waals surface area contributed by atoms with Gasteiger partial charge in [-0.3, -0.25) is 14.4 Å². The van der Waals surface area contributed by atoms with E-state index < -0.39 is 25.0 Å². The lowest BCUT2D eigenvalue weighted by molar-refractivity contribution is -0.136. The lowest BCUT2D eigenvalue weighted by Crippen LogP contribution is -2.34. The van der Waals surface area contributed by atoms with Crippen LogP contribution in [0.25, 0.3) is 0 Å². The van der Waals surface area contributed by atoms with Crippen molar-refractivity contribution >= 4 is 40.8 Å². The molecule has 21 heavy (non-hydrogen) atoms. The Morgan fingerprint density at radius 2 is 1.81 bits per heavy atom. The average Bonchev–Trinajstić information content (AvgIpc) is 2.75. The van der Waals surface area contributed by atoms with E-state index >= 15 is 0 Å². The highest BCUT2D eigenvalue weighted by Gasteiger charge is 2.24. The van der Waals surface area contributed by atoms with E-state index in [1.807, 2.05) is 0 Å². The molecule has 1 heterocycles. The largest absolute Gasteiger partial charge is 0.480 e. The van der Waals surface area contributed by atoms with Crippen LogP contribution in [0.1, 0.15) is 20.8 Å². The zero-order valence-electron chi connectivity index (χ0n) is 10.6. The molecule has 0 aliphatic heterocycles. The second-order valence-electron chi connectivity index (χ2n) is 3.87. The maximum Gasteiger partial charge on any atom is 0.323 e. The van der Waals surface area contributed by atoms with E-state index in [-0.39, 0.29) is 27.4 Å². The minimum atomic E-state index is -1.28. The van der Waals surface area contributed by atoms with Crippen molar-refractivity contribution in [2.75, 3.05) is 18.0 Å². The molecule has 0 aliphatic carbocycles. The van der Waals surface area contributed by atoms with Gasteiger partial charge in [0.1, 0.15) is 30.4 Å². The second kappa shape index (κ2) is 7.16. The summed E-state index contributed by atoms with van der Waals surface area (Å²) >= 11 is 0.793. The van der Waals surface area contributed by atoms with Crippen molar-refractivity contribution in [3.63, 3.8) is 0 Å². The van der Waals surface area contributed by atoms with Gasteiger partial charge in [-0.25, -0.2) is 0 Å². The standard InChI is InChI=1S/C12H10N2O6S/c13-3-8-7(1-2-15)9(6-16)21-12(8)14(4-10(17)18)5-11(19)20/h2,6H,1,4-5H2,(H,17,18)(H,19,20). The molecule has 0 unspecified atom stereocenters. The first-order valence-corrected chi connectivity index (χ1v) is 6.39. The summed E-state index contributed by atoms with van der Waals surface area (Å²) in [5.74, 6) is -2.56. The van der Waals surface area contributed by atoms with E-state index in [0.717, 1.165) is 16.2 Å². The number of rotatable bonds is 8. The summed E-state index contributed by atoms with van der Waals surface area (Å²) in [4.78, 5) is 44.3. The maximum atomic E-state index is 11.0. The summed E-state index contributed by atoms with van der Waals surface area (Å²) in [6, 6.07) is 1.80. The summed E-state index contributed by atoms with van der Waals surface area (Å²) in [6.45, 7) is -1.28. The average molecular weight is 310 g/mol. The quantitative estimate of drug-likeness (QED) is 0.647. The monoisotopic (exact) mass is 310 g/mol. The fourth-order valence-electron chi connectivity index (χ4n) is 1.71. The molecule has 0 radical (unpaired) electrons. The Kier molecular flexibility index (Phi) is 5.57. The number of carboxylic acids is 2. The first kappa shape index (κ1) is 16.3. The van der Waals surface area contributed by atoms with Crippen LogP contribution in [-0.2, 0) is 20.8 Å². The van der Waals surface area contributed by atoms with Gasteiger partial charge in [0, 0.05) is 12.0 Å². The third-order valence-corrected chi connectivity index (χ3v) is 3.68. The molecule has 0 spiro atoms. The van der Waals surface area contributed by atoms with Crippen LogP contribution in [0.5, 0.6) is 0 Å². The zero-order chi connectivity index (χ0) is 16.0. The Labute approximate surface area is 122 Å². The van der Waals surface area contributed by atoms with Crippen molar-refractivity contribution in [2.45, 2.75) is 6.42 Å². The van der Waals surface area contributed by atoms with E-state index in [4.69, 9.17) is 15.5 Å². The van der Waals surface area contributed by atoms with Crippen LogP contribution in [0.3, 0.4) is 0 Å². The van der Waals surface area contributed by atoms with E-state index in [1.165, 1.54) is 0 Å². The molecule has 0 bridgehead atoms. The number of hydrogen-bond donors (Lipinski definition) is 2. The molecule has 1 aromatic rings. The summed E-state index contributed by atoms with van der Waals surface area (Å²) in [7, 11) is 0. The first-order valence-electron chi connectivity index (χ1n) is 5.57. The van der Waals surface area contributed by atoms with Gasteiger partial charge in [-0.05, 0) is 0 Å². The fourth-order valence-corrected chi connectivity index (χ4v) is 2.81. The second-order valence-corrected chi connectivity index (χ2v) is 4.90. The predicted molar refractivity (Wildman–Crippen MR) is 71.7 cm³/mol. The number of nitriles is 1. The Morgan fingerprint density at radius 1 is 1.24 bits per heavy atom. The predicted octanol–water partition coefficient (Wildman–Crippen LogP) is 0.149. The highest BCUT2D eigenvalue weighted by molar-refractivity contribution is 7.18. The summed E-state index contributed by atoms with van der Waals surface area (Å²) in [6.07, 6.45) is 0.785. The van der Waals surface area contributed by atoms with Gasteiger partial charge < -0.3 is 19.9 Å². The lowest BCUT2D eigenvalue weighted by atomic mass is 10.1. The van der Waals surface area contributed by atoms with Crippen LogP contribution in [0, 0.1) is 11.3 Å². The van der Waals surface area contributed by atoms with Crippen LogP contribution in [0.15, 0.2) is 0 Å². The van der Waals surface area contributed by atoms with Crippen molar-refractivity contribution in [1.82, 2.24) is 0 Å². The van der Waals surface area contributed by atoms with Crippen molar-refractivity contribution in [2.24, 2.45) is 0 Å². The Morgan fingerprint density at radius 3 is 2.19 bits per heavy atom. The van der Waals surface area contributed by atoms with Crippen molar-refractivity contribution in [3.8, 4) is 6.07 Å². The maximum absolute atomic E-state index is 11.0. The molecule has 9 heteroatoms. The van der Waals surface area contributed by atoms with Crippen LogP contribution in [0.2, 0.25) is 0 Å². The number of aliphatic carboxylic acids is 2. The van der Waals surface area contributed by atoms with E-state index in [9.17, 15) is 19.2 Å². The summed E-state index contributed by atoms with van der Waals surface area (Å²) in [5.41, 5.74) is 0.139. The Bertz CT molecular complexity index is 614. The minimum absolute atomic E-state index is 0.0447. The number of carbonyl (C=O) groups excluding carboxylic acids is 2. The van der Waals surface area contributed by atoms with Gasteiger partial charge in [0.25, 0.3) is 0 Å². The van der Waals surface area contributed by atoms with Crippen molar-refractivity contribution in [3.05, 3.63) is 16.0 Å². The lowest BCUT2D eigenvalue weighted by Gasteiger charge is -2.18.